The summed E-state index contributed by atoms with van der Waals surface area (Å²) in [6.07, 6.45) is 6.64. The summed E-state index contributed by atoms with van der Waals surface area (Å²) in [6.45, 7) is 0. The zero-order valence-corrected chi connectivity index (χ0v) is 11.3. The molecule has 2 aromatic carbocycles. The molecule has 1 unspecified atom stereocenters. The molecule has 0 heterocycles. The molecule has 3 rings (SSSR count). The number of benzene rings is 2. The van der Waals surface area contributed by atoms with Crippen LogP contribution in [0.25, 0.3) is 10.8 Å². The number of hydrogen-bond donors (Lipinski definition) is 2. The maximum Gasteiger partial charge on any atom is 0.0494 e. The van der Waals surface area contributed by atoms with Gasteiger partial charge in [0.2, 0.25) is 0 Å². The minimum absolute atomic E-state index is 0.284. The van der Waals surface area contributed by atoms with Crippen molar-refractivity contribution >= 4 is 10.8 Å². The second-order valence-electron chi connectivity index (χ2n) is 5.61. The van der Waals surface area contributed by atoms with E-state index in [1.54, 1.807) is 0 Å². The third-order valence-corrected chi connectivity index (χ3v) is 4.46. The van der Waals surface area contributed by atoms with Gasteiger partial charge >= 0.3 is 0 Å². The van der Waals surface area contributed by atoms with Gasteiger partial charge in [-0.3, -0.25) is 11.3 Å². The van der Waals surface area contributed by atoms with Crippen LogP contribution >= 0.6 is 0 Å². The Morgan fingerprint density at radius 1 is 0.947 bits per heavy atom. The average molecular weight is 254 g/mol. The number of nitrogens with two attached hydrogens (primary N) is 1. The predicted octanol–water partition coefficient (Wildman–Crippen LogP) is 3.92. The van der Waals surface area contributed by atoms with Gasteiger partial charge in [-0.25, -0.2) is 0 Å². The Morgan fingerprint density at radius 2 is 1.68 bits per heavy atom. The van der Waals surface area contributed by atoms with Gasteiger partial charge in [-0.15, -0.1) is 0 Å². The third-order valence-electron chi connectivity index (χ3n) is 4.46. The first-order valence-electron chi connectivity index (χ1n) is 7.34. The molecule has 3 N–H and O–H groups in total. The second-order valence-corrected chi connectivity index (χ2v) is 5.61. The summed E-state index contributed by atoms with van der Waals surface area (Å²) in [6, 6.07) is 15.4. The van der Waals surface area contributed by atoms with Crippen molar-refractivity contribution in [3.63, 3.8) is 0 Å². The summed E-state index contributed by atoms with van der Waals surface area (Å²) < 4.78 is 0. The van der Waals surface area contributed by atoms with E-state index in [0.717, 1.165) is 0 Å². The normalized spacial score (nSPS) is 18.6. The van der Waals surface area contributed by atoms with Crippen LogP contribution in [0.3, 0.4) is 0 Å². The molecule has 0 spiro atoms. The van der Waals surface area contributed by atoms with Gasteiger partial charge in [0.15, 0.2) is 0 Å². The molecule has 1 aliphatic rings. The molecule has 0 aromatic heterocycles. The molecule has 1 saturated carbocycles. The van der Waals surface area contributed by atoms with Crippen molar-refractivity contribution < 1.29 is 0 Å². The van der Waals surface area contributed by atoms with Crippen molar-refractivity contribution in [2.24, 2.45) is 11.8 Å². The van der Waals surface area contributed by atoms with Crippen LogP contribution in [-0.4, -0.2) is 0 Å². The zero-order chi connectivity index (χ0) is 13.1. The van der Waals surface area contributed by atoms with Crippen LogP contribution in [0, 0.1) is 5.92 Å². The van der Waals surface area contributed by atoms with E-state index < -0.39 is 0 Å². The molecule has 0 bridgehead atoms. The van der Waals surface area contributed by atoms with Crippen LogP contribution in [0.1, 0.15) is 43.7 Å². The second kappa shape index (κ2) is 5.72. The van der Waals surface area contributed by atoms with Crippen LogP contribution in [-0.2, 0) is 0 Å². The van der Waals surface area contributed by atoms with E-state index in [-0.39, 0.29) is 6.04 Å². The van der Waals surface area contributed by atoms with E-state index in [9.17, 15) is 0 Å². The van der Waals surface area contributed by atoms with Crippen molar-refractivity contribution in [2.75, 3.05) is 0 Å². The third kappa shape index (κ3) is 2.51. The first kappa shape index (κ1) is 12.6. The van der Waals surface area contributed by atoms with Crippen molar-refractivity contribution in [3.05, 3.63) is 48.0 Å². The smallest absolute Gasteiger partial charge is 0.0494 e. The van der Waals surface area contributed by atoms with Gasteiger partial charge in [-0.1, -0.05) is 61.7 Å². The highest BCUT2D eigenvalue weighted by molar-refractivity contribution is 5.86. The predicted molar refractivity (Wildman–Crippen MR) is 80.6 cm³/mol. The molecule has 0 radical (unpaired) electrons. The number of hydrazine groups is 1. The molecular weight excluding hydrogens is 232 g/mol. The average Bonchev–Trinajstić information content (AvgIpc) is 2.49. The first-order valence-corrected chi connectivity index (χ1v) is 7.34. The minimum Gasteiger partial charge on any atom is -0.271 e. The van der Waals surface area contributed by atoms with Gasteiger partial charge in [0.05, 0.1) is 0 Å². The van der Waals surface area contributed by atoms with Crippen molar-refractivity contribution in [2.45, 2.75) is 38.1 Å². The maximum absolute atomic E-state index is 5.88. The number of nitrogens with one attached hydrogen (secondary N) is 1. The van der Waals surface area contributed by atoms with Crippen molar-refractivity contribution in [1.29, 1.82) is 0 Å². The number of rotatable bonds is 3. The first-order chi connectivity index (χ1) is 9.40. The van der Waals surface area contributed by atoms with Crippen LogP contribution < -0.4 is 11.3 Å². The number of fused-ring (bicyclic) bond motifs is 1. The fourth-order valence-corrected chi connectivity index (χ4v) is 3.47. The monoisotopic (exact) mass is 254 g/mol. The topological polar surface area (TPSA) is 38.0 Å². The minimum atomic E-state index is 0.284. The molecule has 0 amide bonds. The Balaban J connectivity index is 2.00. The molecule has 1 atom stereocenters. The van der Waals surface area contributed by atoms with Gasteiger partial charge in [-0.2, -0.15) is 0 Å². The lowest BCUT2D eigenvalue weighted by atomic mass is 9.80. The summed E-state index contributed by atoms with van der Waals surface area (Å²) in [4.78, 5) is 0. The molecule has 19 heavy (non-hydrogen) atoms. The molecule has 1 aliphatic carbocycles. The molecule has 0 saturated heterocycles. The summed E-state index contributed by atoms with van der Waals surface area (Å²) in [5, 5.41) is 2.63. The van der Waals surface area contributed by atoms with Gasteiger partial charge in [0, 0.05) is 6.04 Å². The fourth-order valence-electron chi connectivity index (χ4n) is 3.47. The lowest BCUT2D eigenvalue weighted by Crippen LogP contribution is -2.34. The molecule has 2 nitrogen and oxygen atoms in total. The molecule has 1 fully saturated rings. The van der Waals surface area contributed by atoms with E-state index in [2.05, 4.69) is 47.9 Å². The molecule has 0 aliphatic heterocycles. The SMILES string of the molecule is NNC(c1cccc2ccccc12)C1CCCCC1. The lowest BCUT2D eigenvalue weighted by molar-refractivity contribution is 0.274. The van der Waals surface area contributed by atoms with Crippen molar-refractivity contribution in [3.8, 4) is 0 Å². The Labute approximate surface area is 115 Å². The van der Waals surface area contributed by atoms with E-state index in [1.165, 1.54) is 48.4 Å². The van der Waals surface area contributed by atoms with Crippen LogP contribution in [0.15, 0.2) is 42.5 Å². The summed E-state index contributed by atoms with van der Waals surface area (Å²) >= 11 is 0. The Morgan fingerprint density at radius 3 is 2.47 bits per heavy atom. The van der Waals surface area contributed by atoms with Gasteiger partial charge in [-0.05, 0) is 35.1 Å². The lowest BCUT2D eigenvalue weighted by Gasteiger charge is -2.30. The largest absolute Gasteiger partial charge is 0.271 e. The number of hydrogen-bond acceptors (Lipinski definition) is 2. The summed E-state index contributed by atoms with van der Waals surface area (Å²) in [5.41, 5.74) is 4.43. The molecule has 2 heteroatoms. The van der Waals surface area contributed by atoms with Gasteiger partial charge < -0.3 is 0 Å². The standard InChI is InChI=1S/C17H22N2/c18-19-17(14-8-2-1-3-9-14)16-12-6-10-13-7-4-5-11-15(13)16/h4-7,10-12,14,17,19H,1-3,8-9,18H2. The summed E-state index contributed by atoms with van der Waals surface area (Å²) in [5.74, 6) is 6.55. The van der Waals surface area contributed by atoms with E-state index >= 15 is 0 Å². The maximum atomic E-state index is 5.88. The van der Waals surface area contributed by atoms with Crippen molar-refractivity contribution in [1.82, 2.24) is 5.43 Å². The Bertz CT molecular complexity index is 538. The van der Waals surface area contributed by atoms with E-state index in [4.69, 9.17) is 5.84 Å². The van der Waals surface area contributed by atoms with E-state index in [0.29, 0.717) is 5.92 Å². The van der Waals surface area contributed by atoms with Crippen LogP contribution in [0.5, 0.6) is 0 Å². The fraction of sp³-hybridized carbons (Fsp3) is 0.412. The highest BCUT2D eigenvalue weighted by atomic mass is 15.2. The molecule has 2 aromatic rings. The highest BCUT2D eigenvalue weighted by Gasteiger charge is 2.25. The summed E-state index contributed by atoms with van der Waals surface area (Å²) in [7, 11) is 0. The molecule has 100 valence electrons. The zero-order valence-electron chi connectivity index (χ0n) is 11.3. The van der Waals surface area contributed by atoms with E-state index in [1.807, 2.05) is 0 Å². The van der Waals surface area contributed by atoms with Crippen LogP contribution in [0.4, 0.5) is 0 Å². The Hall–Kier alpha value is -1.38. The van der Waals surface area contributed by atoms with Gasteiger partial charge in [0.1, 0.15) is 0 Å². The van der Waals surface area contributed by atoms with Crippen LogP contribution in [0.2, 0.25) is 0 Å². The highest BCUT2D eigenvalue weighted by Crippen LogP contribution is 2.36. The molecular formula is C17H22N2. The van der Waals surface area contributed by atoms with Gasteiger partial charge in [0.25, 0.3) is 0 Å². The Kier molecular flexibility index (Phi) is 3.81. The quantitative estimate of drug-likeness (QED) is 0.643.